The number of oxime groups is 1. The Balaban J connectivity index is 2.56. The average molecular weight is 195 g/mol. The number of methoxy groups -OCH3 is 1. The highest BCUT2D eigenvalue weighted by atomic mass is 16.5. The van der Waals surface area contributed by atoms with E-state index in [-0.39, 0.29) is 5.90 Å². The number of ether oxygens (including phenoxy) is 2. The molecule has 0 fully saturated rings. The highest BCUT2D eigenvalue weighted by Crippen LogP contribution is 2.01. The average Bonchev–Trinajstić information content (AvgIpc) is 2.26. The van der Waals surface area contributed by atoms with Gasteiger partial charge in [0, 0.05) is 12.7 Å². The molecule has 4 nitrogen and oxygen atoms in total. The summed E-state index contributed by atoms with van der Waals surface area (Å²) in [4.78, 5) is 0. The van der Waals surface area contributed by atoms with Crippen molar-refractivity contribution in [2.75, 3.05) is 20.3 Å². The first-order valence-electron chi connectivity index (χ1n) is 4.27. The van der Waals surface area contributed by atoms with Crippen molar-refractivity contribution < 1.29 is 14.7 Å². The van der Waals surface area contributed by atoms with E-state index in [1.165, 1.54) is 0 Å². The van der Waals surface area contributed by atoms with Crippen molar-refractivity contribution in [2.24, 2.45) is 5.16 Å². The molecule has 0 bridgehead atoms. The zero-order valence-corrected chi connectivity index (χ0v) is 8.01. The zero-order valence-electron chi connectivity index (χ0n) is 8.01. The van der Waals surface area contributed by atoms with Crippen LogP contribution in [0.25, 0.3) is 0 Å². The molecule has 0 aromatic heterocycles. The Morgan fingerprint density at radius 1 is 1.29 bits per heavy atom. The minimum Gasteiger partial charge on any atom is -0.473 e. The molecule has 0 spiro atoms. The normalized spacial score (nSPS) is 11.4. The summed E-state index contributed by atoms with van der Waals surface area (Å²) < 4.78 is 10.0. The maximum atomic E-state index is 8.70. The van der Waals surface area contributed by atoms with Crippen molar-refractivity contribution in [3.63, 3.8) is 0 Å². The van der Waals surface area contributed by atoms with E-state index in [9.17, 15) is 0 Å². The molecule has 76 valence electrons. The lowest BCUT2D eigenvalue weighted by atomic mass is 10.2. The molecule has 1 aromatic carbocycles. The van der Waals surface area contributed by atoms with Gasteiger partial charge < -0.3 is 14.7 Å². The lowest BCUT2D eigenvalue weighted by Crippen LogP contribution is -2.11. The minimum absolute atomic E-state index is 0.211. The van der Waals surface area contributed by atoms with Crippen LogP contribution in [0.5, 0.6) is 0 Å². The number of hydrogen-bond acceptors (Lipinski definition) is 4. The van der Waals surface area contributed by atoms with Crippen molar-refractivity contribution in [3.05, 3.63) is 35.9 Å². The fourth-order valence-electron chi connectivity index (χ4n) is 0.972. The van der Waals surface area contributed by atoms with Crippen LogP contribution < -0.4 is 0 Å². The van der Waals surface area contributed by atoms with Crippen LogP contribution in [0.2, 0.25) is 0 Å². The van der Waals surface area contributed by atoms with Crippen LogP contribution in [0, 0.1) is 0 Å². The topological polar surface area (TPSA) is 51.0 Å². The second-order valence-electron chi connectivity index (χ2n) is 2.61. The molecule has 0 radical (unpaired) electrons. The Morgan fingerprint density at radius 3 is 2.57 bits per heavy atom. The maximum absolute atomic E-state index is 8.70. The molecule has 14 heavy (non-hydrogen) atoms. The monoisotopic (exact) mass is 195 g/mol. The fraction of sp³-hybridized carbons (Fsp3) is 0.300. The van der Waals surface area contributed by atoms with E-state index >= 15 is 0 Å². The molecule has 0 unspecified atom stereocenters. The molecular formula is C10H13NO3. The molecule has 0 saturated carbocycles. The molecule has 0 aliphatic rings. The van der Waals surface area contributed by atoms with E-state index < -0.39 is 0 Å². The third-order valence-electron chi connectivity index (χ3n) is 1.64. The summed E-state index contributed by atoms with van der Waals surface area (Å²) in [7, 11) is 1.58. The standard InChI is InChI=1S/C10H13NO3/c1-13-7-8-14-10(11-12)9-5-3-2-4-6-9/h2-6,12H,7-8H2,1H3. The maximum Gasteiger partial charge on any atom is 0.257 e. The third kappa shape index (κ3) is 3.06. The van der Waals surface area contributed by atoms with Crippen LogP contribution in [0.1, 0.15) is 5.56 Å². The molecule has 1 rings (SSSR count). The quantitative estimate of drug-likeness (QED) is 0.260. The molecule has 0 aliphatic carbocycles. The van der Waals surface area contributed by atoms with Gasteiger partial charge in [-0.1, -0.05) is 18.2 Å². The lowest BCUT2D eigenvalue weighted by molar-refractivity contribution is 0.137. The Labute approximate surface area is 82.8 Å². The van der Waals surface area contributed by atoms with Gasteiger partial charge in [-0.15, -0.1) is 0 Å². The Hall–Kier alpha value is -1.55. The molecule has 0 atom stereocenters. The van der Waals surface area contributed by atoms with Crippen LogP contribution in [0.4, 0.5) is 0 Å². The lowest BCUT2D eigenvalue weighted by Gasteiger charge is -2.06. The van der Waals surface area contributed by atoms with E-state index in [1.54, 1.807) is 7.11 Å². The van der Waals surface area contributed by atoms with Crippen LogP contribution in [-0.4, -0.2) is 31.4 Å². The number of hydrogen-bond donors (Lipinski definition) is 1. The molecule has 1 aromatic rings. The first-order chi connectivity index (χ1) is 6.88. The van der Waals surface area contributed by atoms with Crippen molar-refractivity contribution in [3.8, 4) is 0 Å². The van der Waals surface area contributed by atoms with Gasteiger partial charge in [-0.3, -0.25) is 0 Å². The van der Waals surface area contributed by atoms with E-state index in [0.29, 0.717) is 13.2 Å². The summed E-state index contributed by atoms with van der Waals surface area (Å²) in [5, 5.41) is 11.8. The van der Waals surface area contributed by atoms with Gasteiger partial charge in [0.15, 0.2) is 0 Å². The summed E-state index contributed by atoms with van der Waals surface area (Å²) in [5.74, 6) is 0.211. The second-order valence-corrected chi connectivity index (χ2v) is 2.61. The van der Waals surface area contributed by atoms with Crippen molar-refractivity contribution in [1.29, 1.82) is 0 Å². The largest absolute Gasteiger partial charge is 0.473 e. The van der Waals surface area contributed by atoms with Crippen LogP contribution in [-0.2, 0) is 9.47 Å². The Bertz CT molecular complexity index is 285. The number of nitrogens with zero attached hydrogens (tertiary/aromatic N) is 1. The van der Waals surface area contributed by atoms with Gasteiger partial charge in [-0.05, 0) is 17.3 Å². The van der Waals surface area contributed by atoms with E-state index in [1.807, 2.05) is 30.3 Å². The molecule has 1 N–H and O–H groups in total. The predicted molar refractivity (Wildman–Crippen MR) is 52.6 cm³/mol. The first kappa shape index (κ1) is 10.5. The summed E-state index contributed by atoms with van der Waals surface area (Å²) >= 11 is 0. The molecule has 0 aliphatic heterocycles. The molecule has 0 heterocycles. The van der Waals surface area contributed by atoms with Gasteiger partial charge in [0.2, 0.25) is 0 Å². The van der Waals surface area contributed by atoms with E-state index in [2.05, 4.69) is 5.16 Å². The predicted octanol–water partition coefficient (Wildman–Crippen LogP) is 1.49. The highest BCUT2D eigenvalue weighted by molar-refractivity contribution is 5.93. The van der Waals surface area contributed by atoms with E-state index in [0.717, 1.165) is 5.56 Å². The molecule has 4 heteroatoms. The van der Waals surface area contributed by atoms with Crippen LogP contribution in [0.15, 0.2) is 35.5 Å². The van der Waals surface area contributed by atoms with Gasteiger partial charge in [0.25, 0.3) is 5.90 Å². The van der Waals surface area contributed by atoms with Gasteiger partial charge in [-0.25, -0.2) is 0 Å². The van der Waals surface area contributed by atoms with Crippen molar-refractivity contribution >= 4 is 5.90 Å². The third-order valence-corrected chi connectivity index (χ3v) is 1.64. The highest BCUT2D eigenvalue weighted by Gasteiger charge is 2.03. The molecular weight excluding hydrogens is 182 g/mol. The van der Waals surface area contributed by atoms with Crippen LogP contribution >= 0.6 is 0 Å². The van der Waals surface area contributed by atoms with Crippen LogP contribution in [0.3, 0.4) is 0 Å². The first-order valence-corrected chi connectivity index (χ1v) is 4.27. The summed E-state index contributed by atoms with van der Waals surface area (Å²) in [5.41, 5.74) is 0.742. The fourth-order valence-corrected chi connectivity index (χ4v) is 0.972. The molecule has 0 saturated heterocycles. The van der Waals surface area contributed by atoms with Gasteiger partial charge >= 0.3 is 0 Å². The molecule has 0 amide bonds. The second kappa shape index (κ2) is 5.99. The SMILES string of the molecule is COCCOC(=NO)c1ccccc1. The summed E-state index contributed by atoms with van der Waals surface area (Å²) in [6.45, 7) is 0.830. The number of benzene rings is 1. The van der Waals surface area contributed by atoms with E-state index in [4.69, 9.17) is 14.7 Å². The summed E-state index contributed by atoms with van der Waals surface area (Å²) in [6.07, 6.45) is 0. The van der Waals surface area contributed by atoms with Gasteiger partial charge in [0.05, 0.1) is 6.61 Å². The van der Waals surface area contributed by atoms with Gasteiger partial charge in [0.1, 0.15) is 6.61 Å². The van der Waals surface area contributed by atoms with Crippen molar-refractivity contribution in [2.45, 2.75) is 0 Å². The Morgan fingerprint density at radius 2 is 2.00 bits per heavy atom. The van der Waals surface area contributed by atoms with Gasteiger partial charge in [-0.2, -0.15) is 0 Å². The Kier molecular flexibility index (Phi) is 4.50. The zero-order chi connectivity index (χ0) is 10.2. The summed E-state index contributed by atoms with van der Waals surface area (Å²) in [6, 6.07) is 9.19. The smallest absolute Gasteiger partial charge is 0.257 e. The number of rotatable bonds is 4. The minimum atomic E-state index is 0.211. The van der Waals surface area contributed by atoms with Crippen molar-refractivity contribution in [1.82, 2.24) is 0 Å².